The number of rotatable bonds is 2. The van der Waals surface area contributed by atoms with Crippen molar-refractivity contribution in [2.45, 2.75) is 19.1 Å². The van der Waals surface area contributed by atoms with Crippen LogP contribution in [0, 0.1) is 5.82 Å². The van der Waals surface area contributed by atoms with E-state index in [1.807, 2.05) is 6.92 Å². The fourth-order valence-corrected chi connectivity index (χ4v) is 1.94. The molecular weight excluding hydrogens is 294 g/mol. The fourth-order valence-electron chi connectivity index (χ4n) is 1.82. The first-order valence-corrected chi connectivity index (χ1v) is 6.06. The molecule has 2 N–H and O–H groups in total. The van der Waals surface area contributed by atoms with Crippen LogP contribution in [0.3, 0.4) is 0 Å². The predicted molar refractivity (Wildman–Crippen MR) is 74.5 cm³/mol. The molecule has 1 heterocycles. The molecule has 0 unspecified atom stereocenters. The number of ether oxygens (including phenoxy) is 1. The molecule has 4 nitrogen and oxygen atoms in total. The van der Waals surface area contributed by atoms with Crippen LogP contribution in [0.5, 0.6) is 0 Å². The highest BCUT2D eigenvalue weighted by Crippen LogP contribution is 2.19. The highest BCUT2D eigenvalue weighted by molar-refractivity contribution is 6.30. The molecule has 1 aliphatic rings. The minimum Gasteiger partial charge on any atom is -0.375 e. The van der Waals surface area contributed by atoms with Gasteiger partial charge in [0.2, 0.25) is 5.91 Å². The molecule has 2 rings (SSSR count). The molecule has 1 aromatic rings. The lowest BCUT2D eigenvalue weighted by Crippen LogP contribution is -2.53. The van der Waals surface area contributed by atoms with Crippen LogP contribution in [0.25, 0.3) is 0 Å². The molecule has 0 saturated carbocycles. The molecule has 1 aliphatic heterocycles. The average molecular weight is 309 g/mol. The summed E-state index contributed by atoms with van der Waals surface area (Å²) in [7, 11) is 0. The second-order valence-electron chi connectivity index (χ2n) is 4.13. The van der Waals surface area contributed by atoms with Crippen LogP contribution in [-0.2, 0) is 9.53 Å². The zero-order chi connectivity index (χ0) is 13.1. The van der Waals surface area contributed by atoms with E-state index >= 15 is 0 Å². The number of nitrogens with one attached hydrogen (secondary N) is 2. The van der Waals surface area contributed by atoms with Crippen LogP contribution in [-0.4, -0.2) is 31.2 Å². The summed E-state index contributed by atoms with van der Waals surface area (Å²) in [6, 6.07) is 3.71. The Morgan fingerprint density at radius 3 is 2.95 bits per heavy atom. The topological polar surface area (TPSA) is 50.4 Å². The van der Waals surface area contributed by atoms with E-state index in [-0.39, 0.29) is 29.4 Å². The van der Waals surface area contributed by atoms with E-state index in [0.29, 0.717) is 18.8 Å². The monoisotopic (exact) mass is 308 g/mol. The van der Waals surface area contributed by atoms with E-state index in [0.717, 1.165) is 0 Å². The van der Waals surface area contributed by atoms with Crippen molar-refractivity contribution in [1.29, 1.82) is 0 Å². The first kappa shape index (κ1) is 16.2. The highest BCUT2D eigenvalue weighted by atomic mass is 35.5. The van der Waals surface area contributed by atoms with Crippen LogP contribution in [0.1, 0.15) is 6.92 Å². The number of hydrogen-bond donors (Lipinski definition) is 2. The third-order valence-corrected chi connectivity index (χ3v) is 3.09. The van der Waals surface area contributed by atoms with Gasteiger partial charge in [0.05, 0.1) is 17.7 Å². The summed E-state index contributed by atoms with van der Waals surface area (Å²) in [5, 5.41) is 5.72. The second kappa shape index (κ2) is 7.05. The van der Waals surface area contributed by atoms with Gasteiger partial charge in [0, 0.05) is 12.2 Å². The van der Waals surface area contributed by atoms with E-state index in [9.17, 15) is 9.18 Å². The zero-order valence-corrected chi connectivity index (χ0v) is 11.9. The van der Waals surface area contributed by atoms with Crippen molar-refractivity contribution in [3.63, 3.8) is 0 Å². The first-order chi connectivity index (χ1) is 8.58. The quantitative estimate of drug-likeness (QED) is 0.881. The predicted octanol–water partition coefficient (Wildman–Crippen LogP) is 2.22. The maximum atomic E-state index is 13.2. The SMILES string of the molecule is C[C@H]1OCCN[C@@H]1C(=O)Nc1ccc(Cl)c(F)c1.Cl. The summed E-state index contributed by atoms with van der Waals surface area (Å²) in [5.41, 5.74) is 0.376. The minimum atomic E-state index is -0.560. The van der Waals surface area contributed by atoms with Crippen molar-refractivity contribution in [2.24, 2.45) is 0 Å². The van der Waals surface area contributed by atoms with Gasteiger partial charge >= 0.3 is 0 Å². The fraction of sp³-hybridized carbons (Fsp3) is 0.417. The van der Waals surface area contributed by atoms with E-state index in [1.54, 1.807) is 6.07 Å². The molecule has 1 fully saturated rings. The van der Waals surface area contributed by atoms with Gasteiger partial charge in [-0.1, -0.05) is 11.6 Å². The molecular formula is C12H15Cl2FN2O2. The zero-order valence-electron chi connectivity index (χ0n) is 10.3. The standard InChI is InChI=1S/C12H14ClFN2O2.ClH/c1-7-11(15-4-5-18-7)12(17)16-8-2-3-9(13)10(14)6-8;/h2-3,6-7,11,15H,4-5H2,1H3,(H,16,17);1H/t7-,11+;/m1./s1. The van der Waals surface area contributed by atoms with Gasteiger partial charge in [0.1, 0.15) is 11.9 Å². The Labute approximate surface area is 122 Å². The van der Waals surface area contributed by atoms with Crippen molar-refractivity contribution >= 4 is 35.6 Å². The van der Waals surface area contributed by atoms with Gasteiger partial charge < -0.3 is 15.4 Å². The van der Waals surface area contributed by atoms with Crippen molar-refractivity contribution in [2.75, 3.05) is 18.5 Å². The van der Waals surface area contributed by atoms with Crippen molar-refractivity contribution in [3.8, 4) is 0 Å². The van der Waals surface area contributed by atoms with E-state index < -0.39 is 11.9 Å². The molecule has 2 atom stereocenters. The highest BCUT2D eigenvalue weighted by Gasteiger charge is 2.28. The van der Waals surface area contributed by atoms with Crippen molar-refractivity contribution < 1.29 is 13.9 Å². The Bertz CT molecular complexity index is 459. The maximum Gasteiger partial charge on any atom is 0.244 e. The van der Waals surface area contributed by atoms with Gasteiger partial charge in [-0.05, 0) is 25.1 Å². The molecule has 1 aromatic carbocycles. The van der Waals surface area contributed by atoms with E-state index in [1.165, 1.54) is 12.1 Å². The van der Waals surface area contributed by atoms with Gasteiger partial charge in [-0.3, -0.25) is 4.79 Å². The number of morpholine rings is 1. The van der Waals surface area contributed by atoms with Crippen LogP contribution in [0.4, 0.5) is 10.1 Å². The minimum absolute atomic E-state index is 0. The van der Waals surface area contributed by atoms with Crippen LogP contribution in [0.2, 0.25) is 5.02 Å². The summed E-state index contributed by atoms with van der Waals surface area (Å²) in [5.74, 6) is -0.806. The molecule has 0 aliphatic carbocycles. The van der Waals surface area contributed by atoms with Crippen molar-refractivity contribution in [3.05, 3.63) is 29.0 Å². The lowest BCUT2D eigenvalue weighted by molar-refractivity contribution is -0.123. The molecule has 0 bridgehead atoms. The summed E-state index contributed by atoms with van der Waals surface area (Å²) in [6.07, 6.45) is -0.212. The summed E-state index contributed by atoms with van der Waals surface area (Å²) in [4.78, 5) is 12.0. The number of carbonyl (C=O) groups is 1. The molecule has 19 heavy (non-hydrogen) atoms. The Balaban J connectivity index is 0.00000180. The maximum absolute atomic E-state index is 13.2. The lowest BCUT2D eigenvalue weighted by atomic mass is 10.1. The number of amides is 1. The van der Waals surface area contributed by atoms with Crippen LogP contribution < -0.4 is 10.6 Å². The van der Waals surface area contributed by atoms with Crippen LogP contribution >= 0.6 is 24.0 Å². The number of anilines is 1. The molecule has 106 valence electrons. The lowest BCUT2D eigenvalue weighted by Gasteiger charge is -2.29. The Morgan fingerprint density at radius 1 is 1.58 bits per heavy atom. The van der Waals surface area contributed by atoms with Gasteiger partial charge in [-0.2, -0.15) is 0 Å². The van der Waals surface area contributed by atoms with E-state index in [4.69, 9.17) is 16.3 Å². The largest absolute Gasteiger partial charge is 0.375 e. The number of benzene rings is 1. The van der Waals surface area contributed by atoms with Crippen LogP contribution in [0.15, 0.2) is 18.2 Å². The van der Waals surface area contributed by atoms with E-state index in [2.05, 4.69) is 10.6 Å². The second-order valence-corrected chi connectivity index (χ2v) is 4.53. The first-order valence-electron chi connectivity index (χ1n) is 5.69. The summed E-state index contributed by atoms with van der Waals surface area (Å²) in [6.45, 7) is 3.02. The smallest absolute Gasteiger partial charge is 0.244 e. The molecule has 0 radical (unpaired) electrons. The van der Waals surface area contributed by atoms with Gasteiger partial charge in [0.25, 0.3) is 0 Å². The third-order valence-electron chi connectivity index (χ3n) is 2.79. The van der Waals surface area contributed by atoms with Gasteiger partial charge in [-0.15, -0.1) is 12.4 Å². The Morgan fingerprint density at radius 2 is 2.32 bits per heavy atom. The third kappa shape index (κ3) is 4.04. The molecule has 7 heteroatoms. The van der Waals surface area contributed by atoms with Gasteiger partial charge in [-0.25, -0.2) is 4.39 Å². The van der Waals surface area contributed by atoms with Gasteiger partial charge in [0.15, 0.2) is 0 Å². The van der Waals surface area contributed by atoms with Crippen molar-refractivity contribution in [1.82, 2.24) is 5.32 Å². The Kier molecular flexibility index (Phi) is 6.00. The number of hydrogen-bond acceptors (Lipinski definition) is 3. The molecule has 1 saturated heterocycles. The average Bonchev–Trinajstić information content (AvgIpc) is 2.34. The number of halogens is 3. The normalized spacial score (nSPS) is 22.5. The Hall–Kier alpha value is -0.880. The summed E-state index contributed by atoms with van der Waals surface area (Å²) < 4.78 is 18.6. The summed E-state index contributed by atoms with van der Waals surface area (Å²) >= 11 is 5.57. The molecule has 1 amide bonds. The molecule has 0 spiro atoms. The number of carbonyl (C=O) groups excluding carboxylic acids is 1. The molecule has 0 aromatic heterocycles.